The molecule has 200 valence electrons. The lowest BCUT2D eigenvalue weighted by atomic mass is 9.95. The summed E-state index contributed by atoms with van der Waals surface area (Å²) in [7, 11) is 1.71. The lowest BCUT2D eigenvalue weighted by Gasteiger charge is -2.54. The van der Waals surface area contributed by atoms with Crippen molar-refractivity contribution >= 4 is 17.8 Å². The fourth-order valence-electron chi connectivity index (χ4n) is 5.63. The summed E-state index contributed by atoms with van der Waals surface area (Å²) in [6.45, 7) is 0.962. The van der Waals surface area contributed by atoms with Gasteiger partial charge in [-0.3, -0.25) is 9.59 Å². The summed E-state index contributed by atoms with van der Waals surface area (Å²) in [5.74, 6) is -0.654. The van der Waals surface area contributed by atoms with Crippen molar-refractivity contribution in [2.75, 3.05) is 26.7 Å². The summed E-state index contributed by atoms with van der Waals surface area (Å²) in [5, 5.41) is 6.06. The van der Waals surface area contributed by atoms with E-state index in [4.69, 9.17) is 0 Å². The number of benzene rings is 2. The molecule has 1 unspecified atom stereocenters. The van der Waals surface area contributed by atoms with E-state index in [0.717, 1.165) is 30.4 Å². The quantitative estimate of drug-likeness (QED) is 0.589. The molecule has 0 aromatic heterocycles. The molecule has 4 amide bonds. The highest BCUT2D eigenvalue weighted by atomic mass is 19.1. The fourth-order valence-corrected chi connectivity index (χ4v) is 5.63. The second kappa shape index (κ2) is 11.3. The first-order valence-electron chi connectivity index (χ1n) is 13.3. The number of carbonyl (C=O) groups is 3. The van der Waals surface area contributed by atoms with Gasteiger partial charge in [0.25, 0.3) is 0 Å². The van der Waals surface area contributed by atoms with Gasteiger partial charge in [-0.2, -0.15) is 0 Å². The molecule has 9 heteroatoms. The largest absolute Gasteiger partial charge is 0.336 e. The Hall–Kier alpha value is -3.72. The second-order valence-electron chi connectivity index (χ2n) is 10.2. The van der Waals surface area contributed by atoms with Crippen LogP contribution in [0.2, 0.25) is 0 Å². The summed E-state index contributed by atoms with van der Waals surface area (Å²) in [6.07, 6.45) is 6.93. The van der Waals surface area contributed by atoms with Gasteiger partial charge >= 0.3 is 6.03 Å². The third-order valence-electron chi connectivity index (χ3n) is 7.60. The van der Waals surface area contributed by atoms with Crippen molar-refractivity contribution in [2.24, 2.45) is 0 Å². The first-order chi connectivity index (χ1) is 18.4. The zero-order chi connectivity index (χ0) is 26.6. The number of allylic oxidation sites excluding steroid dienone is 1. The van der Waals surface area contributed by atoms with Crippen molar-refractivity contribution in [1.29, 1.82) is 0 Å². The van der Waals surface area contributed by atoms with Crippen LogP contribution < -0.4 is 5.32 Å². The average Bonchev–Trinajstić information content (AvgIpc) is 2.93. The number of fused-ring (bicyclic) bond motifs is 1. The van der Waals surface area contributed by atoms with Gasteiger partial charge in [0, 0.05) is 20.1 Å². The molecule has 5 rings (SSSR count). The van der Waals surface area contributed by atoms with Crippen molar-refractivity contribution < 1.29 is 18.8 Å². The molecular formula is C29H34FN5O3. The van der Waals surface area contributed by atoms with Crippen LogP contribution in [0, 0.1) is 5.82 Å². The predicted molar refractivity (Wildman–Crippen MR) is 141 cm³/mol. The number of carbonyl (C=O) groups excluding carboxylic acids is 3. The van der Waals surface area contributed by atoms with Gasteiger partial charge in [0.1, 0.15) is 18.0 Å². The predicted octanol–water partition coefficient (Wildman–Crippen LogP) is 3.83. The van der Waals surface area contributed by atoms with E-state index in [1.54, 1.807) is 39.0 Å². The first-order valence-corrected chi connectivity index (χ1v) is 13.3. The molecule has 2 aliphatic heterocycles. The third kappa shape index (κ3) is 5.43. The van der Waals surface area contributed by atoms with E-state index in [2.05, 4.69) is 11.4 Å². The van der Waals surface area contributed by atoms with Crippen LogP contribution in [0.15, 0.2) is 66.2 Å². The molecule has 1 aliphatic carbocycles. The van der Waals surface area contributed by atoms with Gasteiger partial charge in [0.2, 0.25) is 11.8 Å². The van der Waals surface area contributed by atoms with Gasteiger partial charge in [0.05, 0.1) is 13.1 Å². The number of hydrogen-bond donors (Lipinski definition) is 1. The van der Waals surface area contributed by atoms with Crippen LogP contribution >= 0.6 is 0 Å². The van der Waals surface area contributed by atoms with Crippen LogP contribution in [0.3, 0.4) is 0 Å². The van der Waals surface area contributed by atoms with Crippen molar-refractivity contribution in [3.8, 4) is 0 Å². The number of urea groups is 1. The molecule has 8 nitrogen and oxygen atoms in total. The number of likely N-dealkylation sites (N-methyl/N-ethyl adjacent to an activating group) is 1. The zero-order valence-corrected chi connectivity index (χ0v) is 21.7. The number of amides is 4. The Balaban J connectivity index is 1.41. The number of piperazine rings is 1. The minimum atomic E-state index is -0.802. The van der Waals surface area contributed by atoms with Gasteiger partial charge in [-0.1, -0.05) is 54.1 Å². The van der Waals surface area contributed by atoms with E-state index in [0.29, 0.717) is 6.54 Å². The maximum absolute atomic E-state index is 13.8. The number of hydrazine groups is 1. The monoisotopic (exact) mass is 519 g/mol. The Kier molecular flexibility index (Phi) is 7.74. The molecule has 2 saturated heterocycles. The van der Waals surface area contributed by atoms with Crippen molar-refractivity contribution in [2.45, 2.75) is 50.9 Å². The van der Waals surface area contributed by atoms with Crippen LogP contribution in [0.5, 0.6) is 0 Å². The van der Waals surface area contributed by atoms with Crippen LogP contribution in [0.1, 0.15) is 49.3 Å². The summed E-state index contributed by atoms with van der Waals surface area (Å²) in [6, 6.07) is 14.1. The van der Waals surface area contributed by atoms with Crippen molar-refractivity contribution in [3.63, 3.8) is 0 Å². The molecule has 2 heterocycles. The maximum atomic E-state index is 13.8. The normalized spacial score (nSPS) is 22.3. The van der Waals surface area contributed by atoms with Gasteiger partial charge in [0.15, 0.2) is 0 Å². The minimum Gasteiger partial charge on any atom is -0.336 e. The lowest BCUT2D eigenvalue weighted by Crippen LogP contribution is -2.73. The number of hydrogen-bond acceptors (Lipinski definition) is 4. The summed E-state index contributed by atoms with van der Waals surface area (Å²) in [5.41, 5.74) is 2.86. The highest BCUT2D eigenvalue weighted by molar-refractivity contribution is 5.92. The smallest absolute Gasteiger partial charge is 0.334 e. The summed E-state index contributed by atoms with van der Waals surface area (Å²) in [4.78, 5) is 44.1. The fraction of sp³-hybridized carbons (Fsp3) is 0.414. The van der Waals surface area contributed by atoms with Crippen LogP contribution in [-0.2, 0) is 16.1 Å². The third-order valence-corrected chi connectivity index (χ3v) is 7.60. The highest BCUT2D eigenvalue weighted by Gasteiger charge is 2.51. The zero-order valence-electron chi connectivity index (χ0n) is 21.7. The highest BCUT2D eigenvalue weighted by Crippen LogP contribution is 2.35. The van der Waals surface area contributed by atoms with E-state index in [9.17, 15) is 18.8 Å². The van der Waals surface area contributed by atoms with E-state index in [-0.39, 0.29) is 43.3 Å². The number of nitrogens with zero attached hydrogens (tertiary/aromatic N) is 4. The van der Waals surface area contributed by atoms with Gasteiger partial charge in [-0.05, 0) is 55.4 Å². The van der Waals surface area contributed by atoms with E-state index in [1.807, 2.05) is 30.3 Å². The molecule has 2 atom stereocenters. The Morgan fingerprint density at radius 2 is 1.82 bits per heavy atom. The Morgan fingerprint density at radius 3 is 2.53 bits per heavy atom. The summed E-state index contributed by atoms with van der Waals surface area (Å²) >= 11 is 0. The van der Waals surface area contributed by atoms with Crippen LogP contribution in [0.4, 0.5) is 9.18 Å². The molecular weight excluding hydrogens is 485 g/mol. The SMILES string of the molecule is CN1CC(=O)N2C(CN(CCC3=CCCCC3)C(=O)[C@@H]2c2ccccc2)N1C(=O)NCc1ccc(F)cc1. The number of halogens is 1. The molecule has 2 aromatic rings. The molecule has 38 heavy (non-hydrogen) atoms. The van der Waals surface area contributed by atoms with E-state index in [1.165, 1.54) is 30.5 Å². The van der Waals surface area contributed by atoms with Crippen LogP contribution in [-0.4, -0.2) is 70.5 Å². The van der Waals surface area contributed by atoms with Gasteiger partial charge in [-0.25, -0.2) is 19.2 Å². The first kappa shape index (κ1) is 25.9. The standard InChI is InChI=1S/C29H34FN5O3/c1-32-20-26(36)34-25(35(32)29(38)31-18-22-12-14-24(30)15-13-22)19-33(17-16-21-8-4-2-5-9-21)28(37)27(34)23-10-6-3-7-11-23/h3,6-8,10-15,25,27H,2,4-5,9,16-20H2,1H3,(H,31,38)/t25?,27-/m0/s1. The van der Waals surface area contributed by atoms with Gasteiger partial charge < -0.3 is 15.1 Å². The van der Waals surface area contributed by atoms with E-state index >= 15 is 0 Å². The van der Waals surface area contributed by atoms with Crippen molar-refractivity contribution in [1.82, 2.24) is 25.1 Å². The topological polar surface area (TPSA) is 76.2 Å². The molecule has 0 saturated carbocycles. The Bertz CT molecular complexity index is 1200. The summed E-state index contributed by atoms with van der Waals surface area (Å²) < 4.78 is 13.3. The minimum absolute atomic E-state index is 0.0238. The van der Waals surface area contributed by atoms with E-state index < -0.39 is 12.2 Å². The molecule has 1 N–H and O–H groups in total. The number of rotatable bonds is 6. The Labute approximate surface area is 222 Å². The molecule has 0 spiro atoms. The van der Waals surface area contributed by atoms with Crippen LogP contribution in [0.25, 0.3) is 0 Å². The maximum Gasteiger partial charge on any atom is 0.334 e. The Morgan fingerprint density at radius 1 is 1.05 bits per heavy atom. The number of nitrogens with one attached hydrogen (secondary N) is 1. The molecule has 0 bridgehead atoms. The average molecular weight is 520 g/mol. The molecule has 3 aliphatic rings. The van der Waals surface area contributed by atoms with Crippen molar-refractivity contribution in [3.05, 3.63) is 83.2 Å². The molecule has 2 fully saturated rings. The molecule has 0 radical (unpaired) electrons. The van der Waals surface area contributed by atoms with Gasteiger partial charge in [-0.15, -0.1) is 0 Å². The second-order valence-corrected chi connectivity index (χ2v) is 10.2. The molecule has 2 aromatic carbocycles. The lowest BCUT2D eigenvalue weighted by molar-refractivity contribution is -0.187.